The number of hydrogen-bond acceptors (Lipinski definition) is 5. The summed E-state index contributed by atoms with van der Waals surface area (Å²) in [7, 11) is 11.0. The molecule has 1 heterocycles. The Kier molecular flexibility index (Phi) is 7.31. The Morgan fingerprint density at radius 1 is 1.06 bits per heavy atom. The third kappa shape index (κ3) is 6.05. The molecule has 2 aromatic rings. The Hall–Kier alpha value is -1.50. The zero-order valence-electron chi connectivity index (χ0n) is 20.0. The molecule has 0 aliphatic carbocycles. The van der Waals surface area contributed by atoms with Gasteiger partial charge in [-0.15, -0.1) is 0 Å². The average molecular weight is 438 g/mol. The molecule has 160 valence electrons. The number of benzene rings is 1. The second-order valence-corrected chi connectivity index (χ2v) is 10.8. The first-order valence-electron chi connectivity index (χ1n) is 10.4. The molecule has 0 unspecified atom stereocenters. The van der Waals surface area contributed by atoms with Gasteiger partial charge in [0.1, 0.15) is 31.4 Å². The van der Waals surface area contributed by atoms with Crippen LogP contribution in [0.15, 0.2) is 35.3 Å². The molecule has 6 nitrogen and oxygen atoms in total. The minimum Gasteiger partial charge on any atom is -0.498 e. The Morgan fingerprint density at radius 3 is 2.10 bits per heavy atom. The van der Waals surface area contributed by atoms with Gasteiger partial charge in [0.15, 0.2) is 26.5 Å². The van der Waals surface area contributed by atoms with Gasteiger partial charge in [-0.1, -0.05) is 35.9 Å². The lowest BCUT2D eigenvalue weighted by Gasteiger charge is -2.38. The number of nitrogens with zero attached hydrogens (tertiary/aromatic N) is 2. The SMILES string of the molecule is BC(B)(Oc1cnn(C(C)(C)C)c(=O)c1Cl)c1ccc(COC(B)(B)C(B)(B)O)cc1. The summed E-state index contributed by atoms with van der Waals surface area (Å²) >= 11 is 6.31. The molecular weight excluding hydrogens is 409 g/mol. The van der Waals surface area contributed by atoms with Crippen molar-refractivity contribution in [1.82, 2.24) is 9.78 Å². The predicted molar refractivity (Wildman–Crippen MR) is 141 cm³/mol. The van der Waals surface area contributed by atoms with Crippen LogP contribution >= 0.6 is 11.6 Å². The Bertz CT molecular complexity index is 985. The van der Waals surface area contributed by atoms with Gasteiger partial charge in [0.25, 0.3) is 5.56 Å². The minimum absolute atomic E-state index is 0.0110. The van der Waals surface area contributed by atoms with Crippen LogP contribution < -0.4 is 10.3 Å². The molecule has 0 bridgehead atoms. The lowest BCUT2D eigenvalue weighted by Crippen LogP contribution is -2.58. The zero-order valence-corrected chi connectivity index (χ0v) is 20.8. The summed E-state index contributed by atoms with van der Waals surface area (Å²) < 4.78 is 13.4. The van der Waals surface area contributed by atoms with Crippen molar-refractivity contribution in [3.05, 3.63) is 57.0 Å². The highest BCUT2D eigenvalue weighted by Gasteiger charge is 2.35. The van der Waals surface area contributed by atoms with Crippen LogP contribution in [0.1, 0.15) is 31.9 Å². The molecule has 0 spiro atoms. The highest BCUT2D eigenvalue weighted by molar-refractivity contribution is 6.53. The number of rotatable bonds is 7. The standard InChI is InChI=1S/C18H29B6ClN2O4/c1-15(2,3)27-14(28)13(25)12(8-26-27)31-16(19,20)11-6-4-10(5-7-11)9-30-18(23,24)17(21,22)29/h4-8,29H,9,19-24H2,1-3H3. The number of hydrogen-bond donors (Lipinski definition) is 1. The van der Waals surface area contributed by atoms with Crippen LogP contribution in [0.3, 0.4) is 0 Å². The lowest BCUT2D eigenvalue weighted by molar-refractivity contribution is -0.0122. The molecule has 0 aliphatic rings. The Balaban J connectivity index is 2.18. The van der Waals surface area contributed by atoms with Crippen LogP contribution in [0.5, 0.6) is 5.75 Å². The number of halogens is 1. The van der Waals surface area contributed by atoms with Gasteiger partial charge in [-0.2, -0.15) is 5.10 Å². The van der Waals surface area contributed by atoms with Crippen molar-refractivity contribution >= 4 is 58.7 Å². The van der Waals surface area contributed by atoms with Crippen molar-refractivity contribution in [1.29, 1.82) is 0 Å². The molecule has 0 radical (unpaired) electrons. The van der Waals surface area contributed by atoms with E-state index in [0.717, 1.165) is 11.1 Å². The molecule has 0 saturated heterocycles. The first kappa shape index (κ1) is 25.8. The van der Waals surface area contributed by atoms with Crippen molar-refractivity contribution in [3.8, 4) is 5.75 Å². The molecular formula is C18H29B6ClN2O4. The van der Waals surface area contributed by atoms with Crippen LogP contribution in [0, 0.1) is 0 Å². The number of ether oxygens (including phenoxy) is 2. The molecule has 2 rings (SSSR count). The summed E-state index contributed by atoms with van der Waals surface area (Å²) in [6.45, 7) is 6.03. The van der Waals surface area contributed by atoms with Crippen molar-refractivity contribution in [2.24, 2.45) is 0 Å². The first-order valence-corrected chi connectivity index (χ1v) is 10.8. The molecule has 0 fully saturated rings. The van der Waals surface area contributed by atoms with Gasteiger partial charge in [-0.05, 0) is 31.9 Å². The van der Waals surface area contributed by atoms with Gasteiger partial charge >= 0.3 is 0 Å². The van der Waals surface area contributed by atoms with E-state index in [2.05, 4.69) is 5.10 Å². The molecule has 0 amide bonds. The molecule has 1 N–H and O–H groups in total. The Labute approximate surface area is 194 Å². The van der Waals surface area contributed by atoms with Gasteiger partial charge < -0.3 is 14.6 Å². The fourth-order valence-corrected chi connectivity index (χ4v) is 2.91. The highest BCUT2D eigenvalue weighted by Crippen LogP contribution is 2.28. The minimum atomic E-state index is -0.961. The summed E-state index contributed by atoms with van der Waals surface area (Å²) in [6.07, 6.45) is 1.48. The summed E-state index contributed by atoms with van der Waals surface area (Å²) in [5, 5.41) is 12.1. The lowest BCUT2D eigenvalue weighted by atomic mass is 9.42. The van der Waals surface area contributed by atoms with E-state index < -0.39 is 21.7 Å². The maximum Gasteiger partial charge on any atom is 0.289 e. The Morgan fingerprint density at radius 2 is 1.61 bits per heavy atom. The van der Waals surface area contributed by atoms with Gasteiger partial charge in [0, 0.05) is 10.8 Å². The van der Waals surface area contributed by atoms with Gasteiger partial charge in [-0.25, -0.2) is 4.68 Å². The molecule has 0 saturated carbocycles. The van der Waals surface area contributed by atoms with Crippen molar-refractivity contribution in [2.45, 2.75) is 49.1 Å². The van der Waals surface area contributed by atoms with Gasteiger partial charge in [0.2, 0.25) is 0 Å². The quantitative estimate of drug-likeness (QED) is 0.454. The van der Waals surface area contributed by atoms with Crippen LogP contribution in [0.4, 0.5) is 0 Å². The molecule has 1 aromatic carbocycles. The molecule has 0 aliphatic heterocycles. The van der Waals surface area contributed by atoms with Crippen molar-refractivity contribution in [3.63, 3.8) is 0 Å². The third-order valence-electron chi connectivity index (χ3n) is 5.61. The van der Waals surface area contributed by atoms with E-state index in [-0.39, 0.29) is 16.3 Å². The molecule has 1 aromatic heterocycles. The first-order chi connectivity index (χ1) is 14.0. The summed E-state index contributed by atoms with van der Waals surface area (Å²) in [6, 6.07) is 7.82. The van der Waals surface area contributed by atoms with E-state index in [1.54, 1.807) is 15.7 Å². The van der Waals surface area contributed by atoms with Crippen molar-refractivity contribution < 1.29 is 14.6 Å². The number of aromatic nitrogens is 2. The maximum atomic E-state index is 12.6. The van der Waals surface area contributed by atoms with Crippen LogP contribution in [-0.2, 0) is 22.3 Å². The second kappa shape index (κ2) is 8.80. The summed E-state index contributed by atoms with van der Waals surface area (Å²) in [4.78, 5) is 12.6. The normalized spacial score (nSPS) is 13.2. The predicted octanol–water partition coefficient (Wildman–Crippen LogP) is -3.54. The highest BCUT2D eigenvalue weighted by atomic mass is 35.5. The maximum absolute atomic E-state index is 12.6. The van der Waals surface area contributed by atoms with Crippen LogP contribution in [0.25, 0.3) is 0 Å². The smallest absolute Gasteiger partial charge is 0.289 e. The van der Waals surface area contributed by atoms with Crippen LogP contribution in [-0.4, -0.2) is 72.8 Å². The largest absolute Gasteiger partial charge is 0.498 e. The average Bonchev–Trinajstić information content (AvgIpc) is 2.62. The molecule has 0 atom stereocenters. The van der Waals surface area contributed by atoms with E-state index >= 15 is 0 Å². The van der Waals surface area contributed by atoms with E-state index in [1.165, 1.54) is 10.9 Å². The summed E-state index contributed by atoms with van der Waals surface area (Å²) in [5.41, 5.74) is 1.02. The monoisotopic (exact) mass is 438 g/mol. The summed E-state index contributed by atoms with van der Waals surface area (Å²) in [5.74, 6) is 0.247. The number of aliphatic hydroxyl groups is 1. The van der Waals surface area contributed by atoms with E-state index in [0.29, 0.717) is 6.61 Å². The molecule has 13 heteroatoms. The van der Waals surface area contributed by atoms with Crippen molar-refractivity contribution in [2.75, 3.05) is 0 Å². The van der Waals surface area contributed by atoms with Gasteiger partial charge in [0.05, 0.1) is 23.7 Å². The second-order valence-electron chi connectivity index (χ2n) is 10.4. The van der Waals surface area contributed by atoms with E-state index in [4.69, 9.17) is 21.1 Å². The zero-order chi connectivity index (χ0) is 23.8. The van der Waals surface area contributed by atoms with Crippen LogP contribution in [0.2, 0.25) is 5.02 Å². The third-order valence-corrected chi connectivity index (χ3v) is 5.96. The molecule has 31 heavy (non-hydrogen) atoms. The van der Waals surface area contributed by atoms with Gasteiger partial charge in [-0.3, -0.25) is 4.79 Å². The van der Waals surface area contributed by atoms with E-state index in [9.17, 15) is 9.90 Å². The fraction of sp³-hybridized carbons (Fsp3) is 0.444. The topological polar surface area (TPSA) is 73.6 Å². The fourth-order valence-electron chi connectivity index (χ4n) is 2.74. The van der Waals surface area contributed by atoms with E-state index in [1.807, 2.05) is 76.4 Å².